The molecule has 18 heavy (non-hydrogen) atoms. The van der Waals surface area contributed by atoms with Crippen molar-refractivity contribution in [3.63, 3.8) is 0 Å². The van der Waals surface area contributed by atoms with E-state index in [1.165, 1.54) is 18.0 Å². The van der Waals surface area contributed by atoms with Crippen LogP contribution in [0.4, 0.5) is 0 Å². The van der Waals surface area contributed by atoms with Gasteiger partial charge in [0, 0.05) is 16.8 Å². The van der Waals surface area contributed by atoms with E-state index in [2.05, 4.69) is 9.97 Å². The van der Waals surface area contributed by atoms with E-state index in [9.17, 15) is 4.79 Å². The number of hydrogen-bond acceptors (Lipinski definition) is 5. The molecule has 94 valence electrons. The van der Waals surface area contributed by atoms with Gasteiger partial charge in [-0.1, -0.05) is 0 Å². The molecule has 0 saturated carbocycles. The first kappa shape index (κ1) is 12.6. The van der Waals surface area contributed by atoms with Crippen molar-refractivity contribution in [1.82, 2.24) is 9.97 Å². The Labute approximate surface area is 108 Å². The molecule has 0 atom stereocenters. The molecule has 2 rings (SSSR count). The second-order valence-electron chi connectivity index (χ2n) is 3.85. The predicted molar refractivity (Wildman–Crippen MR) is 66.0 cm³/mol. The van der Waals surface area contributed by atoms with Crippen LogP contribution in [0.15, 0.2) is 26.8 Å². The molecule has 0 aromatic carbocycles. The van der Waals surface area contributed by atoms with Gasteiger partial charge in [0.2, 0.25) is 0 Å². The number of aryl methyl sites for hydroxylation is 3. The molecule has 1 N–H and O–H groups in total. The summed E-state index contributed by atoms with van der Waals surface area (Å²) in [7, 11) is 0. The van der Waals surface area contributed by atoms with Crippen molar-refractivity contribution in [3.05, 3.63) is 35.0 Å². The standard InChI is InChI=1S/C12H12N2O3S/c1-6-4-10(9(5-13-6)11(15)16)18-12-14-7(2)8(3)17-12/h4-5H,1-3H3,(H,15,16). The largest absolute Gasteiger partial charge is 0.478 e. The molecule has 0 unspecified atom stereocenters. The number of carboxylic acid groups (broad SMARTS) is 1. The predicted octanol–water partition coefficient (Wildman–Crippen LogP) is 2.84. The quantitative estimate of drug-likeness (QED) is 0.918. The Hall–Kier alpha value is -1.82. The number of hydrogen-bond donors (Lipinski definition) is 1. The van der Waals surface area contributed by atoms with Gasteiger partial charge in [-0.15, -0.1) is 0 Å². The van der Waals surface area contributed by atoms with Crippen molar-refractivity contribution in [1.29, 1.82) is 0 Å². The van der Waals surface area contributed by atoms with Crippen molar-refractivity contribution in [2.75, 3.05) is 0 Å². The van der Waals surface area contributed by atoms with E-state index in [0.29, 0.717) is 10.1 Å². The third kappa shape index (κ3) is 2.53. The molecule has 0 saturated heterocycles. The average molecular weight is 264 g/mol. The van der Waals surface area contributed by atoms with E-state index in [1.807, 2.05) is 20.8 Å². The Kier molecular flexibility index (Phi) is 3.38. The number of pyridine rings is 1. The van der Waals surface area contributed by atoms with Crippen molar-refractivity contribution < 1.29 is 14.3 Å². The van der Waals surface area contributed by atoms with Crippen molar-refractivity contribution in [3.8, 4) is 0 Å². The van der Waals surface area contributed by atoms with Crippen LogP contribution >= 0.6 is 11.8 Å². The molecule has 0 spiro atoms. The molecule has 0 fully saturated rings. The van der Waals surface area contributed by atoms with Crippen LogP contribution in [0.25, 0.3) is 0 Å². The van der Waals surface area contributed by atoms with Crippen LogP contribution in [-0.4, -0.2) is 21.0 Å². The Bertz CT molecular complexity index is 588. The molecule has 0 aliphatic carbocycles. The number of carboxylic acids is 1. The summed E-state index contributed by atoms with van der Waals surface area (Å²) in [4.78, 5) is 19.9. The molecule has 5 nitrogen and oxygen atoms in total. The zero-order valence-electron chi connectivity index (χ0n) is 10.2. The number of rotatable bonds is 3. The molecular formula is C12H12N2O3S. The first-order chi connectivity index (χ1) is 8.47. The van der Waals surface area contributed by atoms with Crippen molar-refractivity contribution >= 4 is 17.7 Å². The van der Waals surface area contributed by atoms with E-state index in [0.717, 1.165) is 17.1 Å². The Balaban J connectivity index is 2.38. The second-order valence-corrected chi connectivity index (χ2v) is 4.84. The average Bonchev–Trinajstić information content (AvgIpc) is 2.57. The van der Waals surface area contributed by atoms with Gasteiger partial charge in [0.15, 0.2) is 0 Å². The Morgan fingerprint density at radius 1 is 1.39 bits per heavy atom. The highest BCUT2D eigenvalue weighted by Crippen LogP contribution is 2.31. The zero-order chi connectivity index (χ0) is 13.3. The summed E-state index contributed by atoms with van der Waals surface area (Å²) in [5.74, 6) is -0.273. The molecule has 0 amide bonds. The summed E-state index contributed by atoms with van der Waals surface area (Å²) < 4.78 is 5.43. The van der Waals surface area contributed by atoms with Crippen LogP contribution in [0.3, 0.4) is 0 Å². The minimum absolute atomic E-state index is 0.152. The molecule has 0 aliphatic rings. The summed E-state index contributed by atoms with van der Waals surface area (Å²) in [6.07, 6.45) is 1.35. The highest BCUT2D eigenvalue weighted by atomic mass is 32.2. The third-order valence-electron chi connectivity index (χ3n) is 2.44. The minimum Gasteiger partial charge on any atom is -0.478 e. The smallest absolute Gasteiger partial charge is 0.338 e. The Morgan fingerprint density at radius 3 is 2.67 bits per heavy atom. The van der Waals surface area contributed by atoms with Crippen molar-refractivity contribution in [2.45, 2.75) is 30.9 Å². The first-order valence-corrected chi connectivity index (χ1v) is 6.11. The van der Waals surface area contributed by atoms with Crippen LogP contribution in [0.2, 0.25) is 0 Å². The maximum atomic E-state index is 11.1. The number of oxazole rings is 1. The van der Waals surface area contributed by atoms with Gasteiger partial charge in [-0.25, -0.2) is 9.78 Å². The van der Waals surface area contributed by atoms with E-state index >= 15 is 0 Å². The van der Waals surface area contributed by atoms with Gasteiger partial charge >= 0.3 is 5.97 Å². The normalized spacial score (nSPS) is 10.6. The highest BCUT2D eigenvalue weighted by molar-refractivity contribution is 7.99. The van der Waals surface area contributed by atoms with Gasteiger partial charge in [-0.05, 0) is 38.6 Å². The van der Waals surface area contributed by atoms with Crippen molar-refractivity contribution in [2.24, 2.45) is 0 Å². The number of aromatic carboxylic acids is 1. The lowest BCUT2D eigenvalue weighted by molar-refractivity contribution is 0.0692. The molecule has 0 bridgehead atoms. The monoisotopic (exact) mass is 264 g/mol. The maximum Gasteiger partial charge on any atom is 0.338 e. The first-order valence-electron chi connectivity index (χ1n) is 5.29. The van der Waals surface area contributed by atoms with E-state index < -0.39 is 5.97 Å². The number of nitrogens with zero attached hydrogens (tertiary/aromatic N) is 2. The summed E-state index contributed by atoms with van der Waals surface area (Å²) in [6, 6.07) is 1.71. The van der Waals surface area contributed by atoms with Crippen LogP contribution in [-0.2, 0) is 0 Å². The van der Waals surface area contributed by atoms with Gasteiger partial charge in [0.1, 0.15) is 5.76 Å². The van der Waals surface area contributed by atoms with Gasteiger partial charge < -0.3 is 9.52 Å². The van der Waals surface area contributed by atoms with Crippen LogP contribution < -0.4 is 0 Å². The third-order valence-corrected chi connectivity index (χ3v) is 3.35. The zero-order valence-corrected chi connectivity index (χ0v) is 11.0. The number of carbonyl (C=O) groups is 1. The summed E-state index contributed by atoms with van der Waals surface area (Å²) in [5, 5.41) is 9.53. The molecule has 2 heterocycles. The molecule has 0 aliphatic heterocycles. The van der Waals surface area contributed by atoms with Crippen LogP contribution in [0.5, 0.6) is 0 Å². The Morgan fingerprint density at radius 2 is 2.11 bits per heavy atom. The summed E-state index contributed by atoms with van der Waals surface area (Å²) in [5.41, 5.74) is 1.71. The van der Waals surface area contributed by atoms with Gasteiger partial charge in [0.05, 0.1) is 11.3 Å². The van der Waals surface area contributed by atoms with E-state index in [-0.39, 0.29) is 5.56 Å². The van der Waals surface area contributed by atoms with E-state index in [4.69, 9.17) is 9.52 Å². The molecule has 0 radical (unpaired) electrons. The van der Waals surface area contributed by atoms with Crippen LogP contribution in [0.1, 0.15) is 27.5 Å². The number of aromatic nitrogens is 2. The second kappa shape index (κ2) is 4.81. The van der Waals surface area contributed by atoms with E-state index in [1.54, 1.807) is 6.07 Å². The molecule has 6 heteroatoms. The summed E-state index contributed by atoms with van der Waals surface area (Å²) in [6.45, 7) is 5.48. The van der Waals surface area contributed by atoms with Gasteiger partial charge in [-0.2, -0.15) is 0 Å². The van der Waals surface area contributed by atoms with Gasteiger partial charge in [0.25, 0.3) is 5.22 Å². The fraction of sp³-hybridized carbons (Fsp3) is 0.250. The lowest BCUT2D eigenvalue weighted by atomic mass is 10.2. The minimum atomic E-state index is -1.01. The van der Waals surface area contributed by atoms with Gasteiger partial charge in [-0.3, -0.25) is 4.98 Å². The lowest BCUT2D eigenvalue weighted by Crippen LogP contribution is -2.00. The molecular weight excluding hydrogens is 252 g/mol. The molecule has 2 aromatic heterocycles. The maximum absolute atomic E-state index is 11.1. The fourth-order valence-corrected chi connectivity index (χ4v) is 2.38. The summed E-state index contributed by atoms with van der Waals surface area (Å²) >= 11 is 1.19. The lowest BCUT2D eigenvalue weighted by Gasteiger charge is -2.03. The van der Waals surface area contributed by atoms with Crippen LogP contribution in [0, 0.1) is 20.8 Å². The topological polar surface area (TPSA) is 76.2 Å². The SMILES string of the molecule is Cc1cc(Sc2nc(C)c(C)o2)c(C(=O)O)cn1. The highest BCUT2D eigenvalue weighted by Gasteiger charge is 2.15. The molecule has 2 aromatic rings. The fourth-order valence-electron chi connectivity index (χ4n) is 1.36.